The highest BCUT2D eigenvalue weighted by atomic mass is 19.4. The van der Waals surface area contributed by atoms with Crippen molar-refractivity contribution in [1.29, 1.82) is 5.26 Å². The van der Waals surface area contributed by atoms with Gasteiger partial charge in [-0.2, -0.15) is 18.4 Å². The van der Waals surface area contributed by atoms with Gasteiger partial charge in [0.25, 0.3) is 0 Å². The lowest BCUT2D eigenvalue weighted by Crippen LogP contribution is -2.38. The molecule has 1 N–H and O–H groups in total. The van der Waals surface area contributed by atoms with Gasteiger partial charge in [-0.25, -0.2) is 4.98 Å². The van der Waals surface area contributed by atoms with Gasteiger partial charge in [0.1, 0.15) is 11.9 Å². The third-order valence-electron chi connectivity index (χ3n) is 4.88. The maximum Gasteiger partial charge on any atom is 0.416 e. The number of nitrogens with one attached hydrogen (secondary N) is 1. The molecule has 1 aromatic heterocycles. The van der Waals surface area contributed by atoms with Gasteiger partial charge < -0.3 is 10.2 Å². The Morgan fingerprint density at radius 1 is 1.25 bits per heavy atom. The molecule has 2 heterocycles. The number of hydrogen-bond donors (Lipinski definition) is 1. The van der Waals surface area contributed by atoms with Crippen molar-refractivity contribution in [2.24, 2.45) is 5.92 Å². The molecule has 1 fully saturated rings. The summed E-state index contributed by atoms with van der Waals surface area (Å²) in [6, 6.07) is 9.29. The lowest BCUT2D eigenvalue weighted by Gasteiger charge is -2.32. The van der Waals surface area contributed by atoms with Crippen molar-refractivity contribution in [2.45, 2.75) is 25.9 Å². The van der Waals surface area contributed by atoms with Crippen LogP contribution in [0.4, 0.5) is 24.7 Å². The van der Waals surface area contributed by atoms with Gasteiger partial charge in [-0.1, -0.05) is 6.07 Å². The molecule has 0 spiro atoms. The number of nitrogens with zero attached hydrogens (tertiary/aromatic N) is 3. The van der Waals surface area contributed by atoms with Crippen LogP contribution in [0.5, 0.6) is 0 Å². The second-order valence-corrected chi connectivity index (χ2v) is 6.79. The van der Waals surface area contributed by atoms with Crippen molar-refractivity contribution < 1.29 is 18.0 Å². The van der Waals surface area contributed by atoms with Gasteiger partial charge in [-0.15, -0.1) is 0 Å². The van der Waals surface area contributed by atoms with Crippen molar-refractivity contribution in [3.05, 3.63) is 53.2 Å². The van der Waals surface area contributed by atoms with E-state index in [0.717, 1.165) is 11.9 Å². The van der Waals surface area contributed by atoms with Gasteiger partial charge >= 0.3 is 6.18 Å². The number of piperidine rings is 1. The van der Waals surface area contributed by atoms with Crippen LogP contribution in [-0.4, -0.2) is 24.0 Å². The molecular weight excluding hydrogens is 369 g/mol. The van der Waals surface area contributed by atoms with Crippen LogP contribution in [0.15, 0.2) is 36.5 Å². The van der Waals surface area contributed by atoms with E-state index in [9.17, 15) is 18.0 Å². The van der Waals surface area contributed by atoms with Crippen LogP contribution >= 0.6 is 0 Å². The minimum Gasteiger partial charge on any atom is -0.357 e. The summed E-state index contributed by atoms with van der Waals surface area (Å²) in [4.78, 5) is 18.8. The highest BCUT2D eigenvalue weighted by Crippen LogP contribution is 2.33. The molecule has 0 atom stereocenters. The molecule has 2 aromatic rings. The average Bonchev–Trinajstić information content (AvgIpc) is 2.69. The van der Waals surface area contributed by atoms with Crippen LogP contribution in [0.2, 0.25) is 0 Å². The van der Waals surface area contributed by atoms with Crippen LogP contribution in [-0.2, 0) is 11.0 Å². The Morgan fingerprint density at radius 2 is 1.96 bits per heavy atom. The van der Waals surface area contributed by atoms with E-state index >= 15 is 0 Å². The van der Waals surface area contributed by atoms with Crippen LogP contribution < -0.4 is 10.2 Å². The Morgan fingerprint density at radius 3 is 2.54 bits per heavy atom. The van der Waals surface area contributed by atoms with E-state index in [4.69, 9.17) is 5.26 Å². The fraction of sp³-hybridized carbons (Fsp3) is 0.350. The topological polar surface area (TPSA) is 69.0 Å². The van der Waals surface area contributed by atoms with E-state index in [1.807, 2.05) is 11.0 Å². The van der Waals surface area contributed by atoms with E-state index in [0.29, 0.717) is 31.5 Å². The number of aromatic nitrogens is 1. The molecule has 1 aliphatic heterocycles. The predicted octanol–water partition coefficient (Wildman–Crippen LogP) is 4.14. The number of halogens is 3. The van der Waals surface area contributed by atoms with Gasteiger partial charge in [0.2, 0.25) is 5.91 Å². The number of pyridine rings is 1. The molecule has 28 heavy (non-hydrogen) atoms. The summed E-state index contributed by atoms with van der Waals surface area (Å²) in [6.45, 7) is 2.61. The lowest BCUT2D eigenvalue weighted by atomic mass is 9.95. The van der Waals surface area contributed by atoms with Gasteiger partial charge in [0, 0.05) is 30.9 Å². The van der Waals surface area contributed by atoms with Crippen molar-refractivity contribution >= 4 is 17.4 Å². The highest BCUT2D eigenvalue weighted by Gasteiger charge is 2.33. The second kappa shape index (κ2) is 7.89. The molecule has 1 aliphatic rings. The maximum absolute atomic E-state index is 13.0. The molecule has 0 unspecified atom stereocenters. The van der Waals surface area contributed by atoms with Crippen molar-refractivity contribution in [2.75, 3.05) is 23.3 Å². The summed E-state index contributed by atoms with van der Waals surface area (Å²) >= 11 is 0. The second-order valence-electron chi connectivity index (χ2n) is 6.79. The van der Waals surface area contributed by atoms with E-state index in [1.54, 1.807) is 12.1 Å². The van der Waals surface area contributed by atoms with E-state index < -0.39 is 11.7 Å². The van der Waals surface area contributed by atoms with Crippen molar-refractivity contribution in [3.63, 3.8) is 0 Å². The number of carbonyl (C=O) groups excluding carboxylic acids is 1. The third kappa shape index (κ3) is 4.42. The molecule has 1 amide bonds. The van der Waals surface area contributed by atoms with E-state index in [2.05, 4.69) is 10.3 Å². The number of alkyl halides is 3. The number of hydrogen-bond acceptors (Lipinski definition) is 4. The van der Waals surface area contributed by atoms with Crippen LogP contribution in [0.25, 0.3) is 0 Å². The quantitative estimate of drug-likeness (QED) is 0.858. The third-order valence-corrected chi connectivity index (χ3v) is 4.88. The molecule has 3 rings (SSSR count). The van der Waals surface area contributed by atoms with Crippen LogP contribution in [0.3, 0.4) is 0 Å². The normalized spacial score (nSPS) is 15.2. The highest BCUT2D eigenvalue weighted by molar-refractivity contribution is 5.92. The Kier molecular flexibility index (Phi) is 5.54. The summed E-state index contributed by atoms with van der Waals surface area (Å²) in [5.41, 5.74) is 0.00850. The Balaban J connectivity index is 1.60. The number of aryl methyl sites for hydroxylation is 1. The van der Waals surface area contributed by atoms with Crippen LogP contribution in [0, 0.1) is 24.2 Å². The first-order chi connectivity index (χ1) is 13.3. The fourth-order valence-corrected chi connectivity index (χ4v) is 3.26. The summed E-state index contributed by atoms with van der Waals surface area (Å²) in [5.74, 6) is 0.195. The standard InChI is InChI=1S/C20H19F3N4O/c1-13-2-4-16(10-17(13)20(21,22)23)26-19(28)15-6-8-27(9-7-15)18-5-3-14(11-24)12-25-18/h2-5,10,12,15H,6-9H2,1H3,(H,26,28). The number of benzene rings is 1. The first kappa shape index (κ1) is 19.7. The minimum absolute atomic E-state index is 0.119. The summed E-state index contributed by atoms with van der Waals surface area (Å²) in [6.07, 6.45) is -1.80. The number of rotatable bonds is 3. The molecule has 5 nitrogen and oxygen atoms in total. The smallest absolute Gasteiger partial charge is 0.357 e. The van der Waals surface area contributed by atoms with Gasteiger partial charge in [-0.05, 0) is 49.6 Å². The summed E-state index contributed by atoms with van der Waals surface area (Å²) in [7, 11) is 0. The molecule has 8 heteroatoms. The molecular formula is C20H19F3N4O. The predicted molar refractivity (Wildman–Crippen MR) is 98.7 cm³/mol. The molecule has 146 valence electrons. The molecule has 0 bridgehead atoms. The fourth-order valence-electron chi connectivity index (χ4n) is 3.26. The first-order valence-electron chi connectivity index (χ1n) is 8.88. The largest absolute Gasteiger partial charge is 0.416 e. The van der Waals surface area contributed by atoms with Gasteiger partial charge in [-0.3, -0.25) is 4.79 Å². The SMILES string of the molecule is Cc1ccc(NC(=O)C2CCN(c3ccc(C#N)cn3)CC2)cc1C(F)(F)F. The Labute approximate surface area is 160 Å². The number of anilines is 2. The molecule has 1 aromatic carbocycles. The molecule has 0 aliphatic carbocycles. The number of amides is 1. The molecule has 1 saturated heterocycles. The summed E-state index contributed by atoms with van der Waals surface area (Å²) in [5, 5.41) is 11.4. The molecule has 0 radical (unpaired) electrons. The van der Waals surface area contributed by atoms with Crippen molar-refractivity contribution in [3.8, 4) is 6.07 Å². The number of carbonyl (C=O) groups is 1. The zero-order valence-corrected chi connectivity index (χ0v) is 15.3. The molecule has 0 saturated carbocycles. The number of nitriles is 1. The minimum atomic E-state index is -4.45. The van der Waals surface area contributed by atoms with Gasteiger partial charge in [0.15, 0.2) is 0 Å². The zero-order valence-electron chi connectivity index (χ0n) is 15.3. The monoisotopic (exact) mass is 388 g/mol. The van der Waals surface area contributed by atoms with E-state index in [-0.39, 0.29) is 23.1 Å². The van der Waals surface area contributed by atoms with Crippen molar-refractivity contribution in [1.82, 2.24) is 4.98 Å². The Bertz CT molecular complexity index is 895. The average molecular weight is 388 g/mol. The lowest BCUT2D eigenvalue weighted by molar-refractivity contribution is -0.138. The summed E-state index contributed by atoms with van der Waals surface area (Å²) < 4.78 is 39.1. The van der Waals surface area contributed by atoms with Gasteiger partial charge in [0.05, 0.1) is 11.1 Å². The van der Waals surface area contributed by atoms with E-state index in [1.165, 1.54) is 25.3 Å². The first-order valence-corrected chi connectivity index (χ1v) is 8.88. The maximum atomic E-state index is 13.0. The van der Waals surface area contributed by atoms with Crippen LogP contribution in [0.1, 0.15) is 29.5 Å². The zero-order chi connectivity index (χ0) is 20.3. The Hall–Kier alpha value is -3.08.